The number of rotatable bonds is 7. The number of likely N-dealkylation sites (N-methyl/N-ethyl adjacent to an activating group) is 1. The number of fused-ring (bicyclic) bond motifs is 2. The molecule has 1 N–H and O–H groups in total. The summed E-state index contributed by atoms with van der Waals surface area (Å²) in [7, 11) is 1.79. The molecule has 7 nitrogen and oxygen atoms in total. The number of carbonyl (C=O) groups is 3. The van der Waals surface area contributed by atoms with Gasteiger partial charge in [0, 0.05) is 44.6 Å². The predicted octanol–water partition coefficient (Wildman–Crippen LogP) is 1.67. The fourth-order valence-corrected chi connectivity index (χ4v) is 7.74. The zero-order valence-corrected chi connectivity index (χ0v) is 20.1. The topological polar surface area (TPSA) is 81.2 Å². The second-order valence-corrected chi connectivity index (χ2v) is 11.1. The predicted molar refractivity (Wildman–Crippen MR) is 125 cm³/mol. The third-order valence-electron chi connectivity index (χ3n) is 7.32. The molecular formula is C24H35N3O4S. The summed E-state index contributed by atoms with van der Waals surface area (Å²) in [4.78, 5) is 46.4. The summed E-state index contributed by atoms with van der Waals surface area (Å²) in [5.41, 5.74) is 0. The van der Waals surface area contributed by atoms with Gasteiger partial charge in [0.15, 0.2) is 0 Å². The molecule has 4 aliphatic rings. The van der Waals surface area contributed by atoms with Crippen LogP contribution in [0.3, 0.4) is 0 Å². The van der Waals surface area contributed by atoms with Crippen molar-refractivity contribution in [2.45, 2.75) is 61.6 Å². The van der Waals surface area contributed by atoms with Gasteiger partial charge in [-0.3, -0.25) is 14.4 Å². The molecule has 176 valence electrons. The van der Waals surface area contributed by atoms with Crippen LogP contribution < -0.4 is 0 Å². The van der Waals surface area contributed by atoms with E-state index in [0.717, 1.165) is 25.7 Å². The maximum atomic E-state index is 13.9. The molecule has 32 heavy (non-hydrogen) atoms. The molecule has 0 aromatic carbocycles. The minimum Gasteiger partial charge on any atom is -0.396 e. The lowest BCUT2D eigenvalue weighted by Crippen LogP contribution is -2.54. The summed E-state index contributed by atoms with van der Waals surface area (Å²) in [6, 6.07) is -0.546. The Kier molecular flexibility index (Phi) is 6.73. The minimum absolute atomic E-state index is 0.00270. The van der Waals surface area contributed by atoms with Crippen LogP contribution in [-0.4, -0.2) is 92.9 Å². The first kappa shape index (κ1) is 23.4. The average molecular weight is 462 g/mol. The molecular weight excluding hydrogens is 426 g/mol. The summed E-state index contributed by atoms with van der Waals surface area (Å²) < 4.78 is -0.712. The van der Waals surface area contributed by atoms with Crippen LogP contribution in [0.2, 0.25) is 0 Å². The highest BCUT2D eigenvalue weighted by Gasteiger charge is 2.70. The number of amides is 3. The molecule has 1 unspecified atom stereocenters. The SMILES string of the molecule is CC(C)N1CC=C[C@]23S[C@H]4C=CCN(C)C(=O)[C@H]4[C@H]2C(=O)N(CCCCCCO)C3C1=O. The van der Waals surface area contributed by atoms with Gasteiger partial charge in [-0.05, 0) is 26.7 Å². The van der Waals surface area contributed by atoms with Crippen LogP contribution in [0, 0.1) is 11.8 Å². The molecule has 3 amide bonds. The highest BCUT2D eigenvalue weighted by Crippen LogP contribution is 2.61. The quantitative estimate of drug-likeness (QED) is 0.461. The van der Waals surface area contributed by atoms with Gasteiger partial charge < -0.3 is 19.8 Å². The normalized spacial score (nSPS) is 34.2. The van der Waals surface area contributed by atoms with E-state index in [9.17, 15) is 14.4 Å². The fourth-order valence-electron chi connectivity index (χ4n) is 5.73. The van der Waals surface area contributed by atoms with Gasteiger partial charge in [0.25, 0.3) is 0 Å². The van der Waals surface area contributed by atoms with Crippen molar-refractivity contribution in [1.29, 1.82) is 0 Å². The summed E-state index contributed by atoms with van der Waals surface area (Å²) in [6.45, 7) is 5.77. The van der Waals surface area contributed by atoms with Crippen LogP contribution in [0.5, 0.6) is 0 Å². The van der Waals surface area contributed by atoms with E-state index in [2.05, 4.69) is 12.2 Å². The molecule has 0 aromatic heterocycles. The lowest BCUT2D eigenvalue weighted by atomic mass is 9.78. The second kappa shape index (κ2) is 9.21. The van der Waals surface area contributed by atoms with Crippen LogP contribution in [0.4, 0.5) is 0 Å². The van der Waals surface area contributed by atoms with Crippen molar-refractivity contribution >= 4 is 29.5 Å². The van der Waals surface area contributed by atoms with Crippen molar-refractivity contribution in [2.75, 3.05) is 33.3 Å². The zero-order chi connectivity index (χ0) is 23.0. The van der Waals surface area contributed by atoms with E-state index in [4.69, 9.17) is 5.11 Å². The Morgan fingerprint density at radius 3 is 2.53 bits per heavy atom. The van der Waals surface area contributed by atoms with Crippen molar-refractivity contribution in [3.8, 4) is 0 Å². The van der Waals surface area contributed by atoms with Crippen molar-refractivity contribution < 1.29 is 19.5 Å². The van der Waals surface area contributed by atoms with E-state index in [1.54, 1.807) is 28.6 Å². The van der Waals surface area contributed by atoms with Crippen LogP contribution in [0.1, 0.15) is 39.5 Å². The van der Waals surface area contributed by atoms with E-state index in [1.165, 1.54) is 0 Å². The number of likely N-dealkylation sites (tertiary alicyclic amines) is 1. The molecule has 0 saturated carbocycles. The Bertz CT molecular complexity index is 828. The van der Waals surface area contributed by atoms with Crippen LogP contribution in [0.25, 0.3) is 0 Å². The standard InChI is InChI=1S/C24H35N3O4S/c1-16(2)26-14-9-11-24-19(18-17(32-24)10-8-12-25(3)21(18)29)22(30)27(20(24)23(26)31)13-6-4-5-7-15-28/h8-11,16-20,28H,4-7,12-15H2,1-3H3/t17-,18+,19-,20?,24-/m0/s1. The Labute approximate surface area is 194 Å². The van der Waals surface area contributed by atoms with E-state index in [1.807, 2.05) is 30.9 Å². The van der Waals surface area contributed by atoms with Gasteiger partial charge in [-0.1, -0.05) is 37.1 Å². The highest BCUT2D eigenvalue weighted by molar-refractivity contribution is 8.02. The molecule has 2 fully saturated rings. The molecule has 0 aromatic rings. The van der Waals surface area contributed by atoms with Gasteiger partial charge in [0.1, 0.15) is 6.04 Å². The summed E-state index contributed by atoms with van der Waals surface area (Å²) in [5, 5.41) is 8.94. The van der Waals surface area contributed by atoms with E-state index in [0.29, 0.717) is 19.6 Å². The summed E-state index contributed by atoms with van der Waals surface area (Å²) in [6.07, 6.45) is 11.5. The summed E-state index contributed by atoms with van der Waals surface area (Å²) in [5.74, 6) is -1.04. The largest absolute Gasteiger partial charge is 0.396 e. The number of carbonyl (C=O) groups excluding carboxylic acids is 3. The van der Waals surface area contributed by atoms with Crippen molar-refractivity contribution in [3.63, 3.8) is 0 Å². The van der Waals surface area contributed by atoms with E-state index in [-0.39, 0.29) is 35.6 Å². The average Bonchev–Trinajstić information content (AvgIpc) is 3.07. The number of unbranched alkanes of at least 4 members (excludes halogenated alkanes) is 3. The van der Waals surface area contributed by atoms with E-state index < -0.39 is 22.6 Å². The number of nitrogens with zero attached hydrogens (tertiary/aromatic N) is 3. The minimum atomic E-state index is -0.712. The Balaban J connectivity index is 1.71. The first-order chi connectivity index (χ1) is 15.3. The first-order valence-corrected chi connectivity index (χ1v) is 12.7. The monoisotopic (exact) mass is 461 g/mol. The zero-order valence-electron chi connectivity index (χ0n) is 19.3. The first-order valence-electron chi connectivity index (χ1n) is 11.8. The molecule has 0 bridgehead atoms. The van der Waals surface area contributed by atoms with Crippen LogP contribution in [-0.2, 0) is 14.4 Å². The fraction of sp³-hybridized carbons (Fsp3) is 0.708. The number of hydrogen-bond donors (Lipinski definition) is 1. The third-order valence-corrected chi connectivity index (χ3v) is 9.07. The molecule has 5 atom stereocenters. The van der Waals surface area contributed by atoms with Crippen molar-refractivity contribution in [1.82, 2.24) is 14.7 Å². The maximum Gasteiger partial charge on any atom is 0.247 e. The molecule has 4 aliphatic heterocycles. The smallest absolute Gasteiger partial charge is 0.247 e. The number of hydrogen-bond acceptors (Lipinski definition) is 5. The number of thioether (sulfide) groups is 1. The Hall–Kier alpha value is -1.80. The second-order valence-electron chi connectivity index (χ2n) is 9.65. The lowest BCUT2D eigenvalue weighted by molar-refractivity contribution is -0.144. The van der Waals surface area contributed by atoms with Gasteiger partial charge in [-0.25, -0.2) is 0 Å². The van der Waals surface area contributed by atoms with Gasteiger partial charge in [-0.2, -0.15) is 0 Å². The van der Waals surface area contributed by atoms with Gasteiger partial charge in [0.2, 0.25) is 17.7 Å². The van der Waals surface area contributed by atoms with Gasteiger partial charge >= 0.3 is 0 Å². The number of aliphatic hydroxyl groups excluding tert-OH is 1. The molecule has 1 spiro atoms. The highest BCUT2D eigenvalue weighted by atomic mass is 32.2. The molecule has 0 radical (unpaired) electrons. The molecule has 0 aliphatic carbocycles. The van der Waals surface area contributed by atoms with Crippen molar-refractivity contribution in [3.05, 3.63) is 24.3 Å². The molecule has 4 rings (SSSR count). The van der Waals surface area contributed by atoms with Crippen molar-refractivity contribution in [2.24, 2.45) is 11.8 Å². The van der Waals surface area contributed by atoms with Crippen LogP contribution >= 0.6 is 11.8 Å². The third kappa shape index (κ3) is 3.69. The van der Waals surface area contributed by atoms with Crippen LogP contribution in [0.15, 0.2) is 24.3 Å². The molecule has 4 heterocycles. The van der Waals surface area contributed by atoms with E-state index >= 15 is 0 Å². The molecule has 2 saturated heterocycles. The number of aliphatic hydroxyl groups is 1. The summed E-state index contributed by atoms with van der Waals surface area (Å²) >= 11 is 1.64. The lowest BCUT2D eigenvalue weighted by Gasteiger charge is -2.36. The Morgan fingerprint density at radius 1 is 1.06 bits per heavy atom. The van der Waals surface area contributed by atoms with Gasteiger partial charge in [0.05, 0.1) is 16.6 Å². The maximum absolute atomic E-state index is 13.9. The Morgan fingerprint density at radius 2 is 1.81 bits per heavy atom. The van der Waals surface area contributed by atoms with Gasteiger partial charge in [-0.15, -0.1) is 11.8 Å². The molecule has 8 heteroatoms.